The fourth-order valence-electron chi connectivity index (χ4n) is 4.75. The lowest BCUT2D eigenvalue weighted by atomic mass is 9.96. The molecule has 38 heavy (non-hydrogen) atoms. The van der Waals surface area contributed by atoms with Crippen molar-refractivity contribution in [2.75, 3.05) is 18.0 Å². The van der Waals surface area contributed by atoms with Crippen LogP contribution in [0.2, 0.25) is 0 Å². The summed E-state index contributed by atoms with van der Waals surface area (Å²) in [5.74, 6) is -4.56. The summed E-state index contributed by atoms with van der Waals surface area (Å²) in [7, 11) is 0. The molecule has 2 aromatic heterocycles. The molecular weight excluding hydrogens is 498 g/mol. The van der Waals surface area contributed by atoms with Crippen LogP contribution in [-0.4, -0.2) is 68.6 Å². The number of amidine groups is 1. The van der Waals surface area contributed by atoms with E-state index in [9.17, 15) is 18.4 Å². The highest BCUT2D eigenvalue weighted by Crippen LogP contribution is 2.55. The number of alkyl halides is 2. The average Bonchev–Trinajstić information content (AvgIpc) is 3.23. The van der Waals surface area contributed by atoms with Gasteiger partial charge in [-0.2, -0.15) is 0 Å². The second-order valence-electron chi connectivity index (χ2n) is 9.82. The maximum atomic E-state index is 13.5. The molecular formula is C25H26F2N8O3. The number of aliphatic imine (C=N–C) groups is 1. The van der Waals surface area contributed by atoms with Crippen molar-refractivity contribution < 1.29 is 22.8 Å². The van der Waals surface area contributed by atoms with Crippen LogP contribution in [0.15, 0.2) is 39.7 Å². The van der Waals surface area contributed by atoms with Crippen molar-refractivity contribution >= 4 is 29.7 Å². The van der Waals surface area contributed by atoms with Crippen molar-refractivity contribution in [3.63, 3.8) is 0 Å². The molecule has 0 bridgehead atoms. The van der Waals surface area contributed by atoms with Crippen molar-refractivity contribution in [3.05, 3.63) is 41.9 Å². The summed E-state index contributed by atoms with van der Waals surface area (Å²) in [4.78, 5) is 35.5. The number of amides is 2. The number of piperazine rings is 1. The Balaban J connectivity index is 1.51. The van der Waals surface area contributed by atoms with Gasteiger partial charge in [-0.15, -0.1) is 10.2 Å². The second-order valence-corrected chi connectivity index (χ2v) is 9.82. The molecule has 2 amide bonds. The molecule has 3 heterocycles. The summed E-state index contributed by atoms with van der Waals surface area (Å²) in [5.41, 5.74) is 7.56. The number of nitrogens with one attached hydrogen (secondary N) is 2. The number of H-pyrrole nitrogens is 1. The van der Waals surface area contributed by atoms with Crippen LogP contribution in [0, 0.1) is 5.41 Å². The molecule has 1 saturated heterocycles. The largest absolute Gasteiger partial charge is 0.420 e. The Morgan fingerprint density at radius 2 is 2.03 bits per heavy atom. The summed E-state index contributed by atoms with van der Waals surface area (Å²) in [5, 5.41) is 15.0. The molecule has 1 atom stereocenters. The summed E-state index contributed by atoms with van der Waals surface area (Å²) in [6.07, 6.45) is 0.429. The van der Waals surface area contributed by atoms with E-state index in [4.69, 9.17) is 15.6 Å². The van der Waals surface area contributed by atoms with Gasteiger partial charge < -0.3 is 24.9 Å². The van der Waals surface area contributed by atoms with Gasteiger partial charge >= 0.3 is 0 Å². The predicted molar refractivity (Wildman–Crippen MR) is 135 cm³/mol. The Hall–Kier alpha value is -4.42. The highest BCUT2D eigenvalue weighted by atomic mass is 19.3. The minimum atomic E-state index is -2.86. The number of nitrogens with two attached hydrogens (primary N) is 1. The maximum absolute atomic E-state index is 13.5. The number of anilines is 1. The van der Waals surface area contributed by atoms with Gasteiger partial charge in [0, 0.05) is 43.4 Å². The van der Waals surface area contributed by atoms with E-state index >= 15 is 0 Å². The molecule has 0 spiro atoms. The number of benzene rings is 1. The highest BCUT2D eigenvalue weighted by molar-refractivity contribution is 6.05. The maximum Gasteiger partial charge on any atom is 0.260 e. The third kappa shape index (κ3) is 4.23. The van der Waals surface area contributed by atoms with Crippen molar-refractivity contribution in [1.82, 2.24) is 20.1 Å². The number of carbonyl (C=O) groups excluding carboxylic acids is 2. The quantitative estimate of drug-likeness (QED) is 0.332. The van der Waals surface area contributed by atoms with Gasteiger partial charge in [0.05, 0.1) is 11.3 Å². The summed E-state index contributed by atoms with van der Waals surface area (Å²) in [6, 6.07) is 8.89. The van der Waals surface area contributed by atoms with Crippen molar-refractivity contribution in [1.29, 1.82) is 5.41 Å². The van der Waals surface area contributed by atoms with Gasteiger partial charge in [0.25, 0.3) is 11.8 Å². The van der Waals surface area contributed by atoms with Gasteiger partial charge in [0.15, 0.2) is 0 Å². The monoisotopic (exact) mass is 524 g/mol. The zero-order valence-corrected chi connectivity index (χ0v) is 21.0. The first-order valence-corrected chi connectivity index (χ1v) is 11.9. The van der Waals surface area contributed by atoms with Crippen LogP contribution < -0.4 is 10.6 Å². The number of hydrogen-bond acceptors (Lipinski definition) is 6. The van der Waals surface area contributed by atoms with E-state index in [1.54, 1.807) is 41.8 Å². The van der Waals surface area contributed by atoms with Crippen molar-refractivity contribution in [2.24, 2.45) is 10.7 Å². The first kappa shape index (κ1) is 25.2. The average molecular weight is 525 g/mol. The van der Waals surface area contributed by atoms with Crippen LogP contribution in [-0.2, 0) is 9.59 Å². The second kappa shape index (κ2) is 8.85. The standard InChI is InChI=1S/C25H26F2N8O3/c1-13(36)35-8-7-34(23(37)24(35,2)3)15-6-4-5-14(9-15)18-10-16(19(31-18)20(29)30-12-28)21-32-33-22(38-21)17-11-25(17,26)27/h4-6,9-10,12,17,31H,7-8,11H2,1-3H3,(H3,28,29,30). The van der Waals surface area contributed by atoms with Crippen molar-refractivity contribution in [3.8, 4) is 22.7 Å². The molecule has 4 N–H and O–H groups in total. The Morgan fingerprint density at radius 1 is 1.29 bits per heavy atom. The normalized spacial score (nSPS) is 20.5. The fourth-order valence-corrected chi connectivity index (χ4v) is 4.75. The van der Waals surface area contributed by atoms with E-state index in [2.05, 4.69) is 20.2 Å². The van der Waals surface area contributed by atoms with E-state index in [-0.39, 0.29) is 41.5 Å². The molecule has 1 aromatic carbocycles. The number of aromatic amines is 1. The molecule has 0 radical (unpaired) electrons. The smallest absolute Gasteiger partial charge is 0.260 e. The van der Waals surface area contributed by atoms with E-state index in [0.717, 1.165) is 6.34 Å². The topological polar surface area (TPSA) is 158 Å². The minimum absolute atomic E-state index is 0.0169. The molecule has 1 unspecified atom stereocenters. The SMILES string of the molecule is CC(=O)N1CCN(c2cccc(-c3cc(-c4nnc(C5CC5(F)F)o4)c(C(N)=NC=N)[nH]3)c2)C(=O)C1(C)C. The summed E-state index contributed by atoms with van der Waals surface area (Å²) in [6.45, 7) is 5.62. The van der Waals surface area contributed by atoms with E-state index in [0.29, 0.717) is 35.6 Å². The summed E-state index contributed by atoms with van der Waals surface area (Å²) < 4.78 is 32.6. The molecule has 5 rings (SSSR count). The Bertz CT molecular complexity index is 1470. The van der Waals surface area contributed by atoms with E-state index in [1.165, 1.54) is 6.92 Å². The van der Waals surface area contributed by atoms with E-state index < -0.39 is 17.4 Å². The third-order valence-electron chi connectivity index (χ3n) is 6.91. The number of nitrogens with zero attached hydrogens (tertiary/aromatic N) is 5. The van der Waals surface area contributed by atoms with Crippen molar-refractivity contribution in [2.45, 2.75) is 44.6 Å². The van der Waals surface area contributed by atoms with Gasteiger partial charge in [0.1, 0.15) is 23.6 Å². The Morgan fingerprint density at radius 3 is 2.68 bits per heavy atom. The molecule has 1 saturated carbocycles. The van der Waals surface area contributed by atoms with Gasteiger partial charge in [-0.1, -0.05) is 12.1 Å². The number of halogens is 2. The van der Waals surface area contributed by atoms with Crippen LogP contribution in [0.4, 0.5) is 14.5 Å². The van der Waals surface area contributed by atoms with Crippen LogP contribution in [0.1, 0.15) is 44.7 Å². The lowest BCUT2D eigenvalue weighted by molar-refractivity contribution is -0.145. The fraction of sp³-hybridized carbons (Fsp3) is 0.360. The predicted octanol–water partition coefficient (Wildman–Crippen LogP) is 3.14. The van der Waals surface area contributed by atoms with Crippen LogP contribution in [0.5, 0.6) is 0 Å². The molecule has 11 nitrogen and oxygen atoms in total. The Labute approximate surface area is 216 Å². The zero-order chi connectivity index (χ0) is 27.4. The molecule has 198 valence electrons. The zero-order valence-electron chi connectivity index (χ0n) is 21.0. The van der Waals surface area contributed by atoms with Gasteiger partial charge in [0.2, 0.25) is 17.7 Å². The first-order valence-electron chi connectivity index (χ1n) is 11.9. The van der Waals surface area contributed by atoms with Crippen LogP contribution >= 0.6 is 0 Å². The first-order chi connectivity index (χ1) is 17.9. The number of rotatable bonds is 6. The summed E-state index contributed by atoms with van der Waals surface area (Å²) >= 11 is 0. The van der Waals surface area contributed by atoms with Gasteiger partial charge in [-0.25, -0.2) is 13.8 Å². The lowest BCUT2D eigenvalue weighted by Gasteiger charge is -2.45. The molecule has 1 aliphatic heterocycles. The molecule has 2 aliphatic rings. The van der Waals surface area contributed by atoms with Crippen LogP contribution in [0.25, 0.3) is 22.7 Å². The lowest BCUT2D eigenvalue weighted by Crippen LogP contribution is -2.64. The van der Waals surface area contributed by atoms with E-state index in [1.807, 2.05) is 12.1 Å². The highest BCUT2D eigenvalue weighted by Gasteiger charge is 2.61. The minimum Gasteiger partial charge on any atom is -0.420 e. The molecule has 3 aromatic rings. The van der Waals surface area contributed by atoms with Gasteiger partial charge in [-0.05, 0) is 32.0 Å². The molecule has 2 fully saturated rings. The third-order valence-corrected chi connectivity index (χ3v) is 6.91. The van der Waals surface area contributed by atoms with Crippen LogP contribution in [0.3, 0.4) is 0 Å². The number of hydrogen-bond donors (Lipinski definition) is 3. The Kier molecular flexibility index (Phi) is 5.88. The molecule has 13 heteroatoms. The number of aromatic nitrogens is 3. The number of carbonyl (C=O) groups is 2. The van der Waals surface area contributed by atoms with Gasteiger partial charge in [-0.3, -0.25) is 15.0 Å². The molecule has 1 aliphatic carbocycles.